The van der Waals surface area contributed by atoms with Gasteiger partial charge in [0.15, 0.2) is 6.04 Å². The van der Waals surface area contributed by atoms with Crippen LogP contribution in [-0.4, -0.2) is 53.0 Å². The molecule has 0 spiro atoms. The van der Waals surface area contributed by atoms with Gasteiger partial charge in [0.25, 0.3) is 0 Å². The highest BCUT2D eigenvalue weighted by Crippen LogP contribution is 2.44. The van der Waals surface area contributed by atoms with Crippen molar-refractivity contribution in [2.45, 2.75) is 50.9 Å². The number of ether oxygens (including phenoxy) is 2. The Morgan fingerprint density at radius 1 is 1.03 bits per heavy atom. The maximum atomic E-state index is 12.8. The third kappa shape index (κ3) is 3.79. The minimum absolute atomic E-state index is 0.0612. The lowest BCUT2D eigenvalue weighted by Gasteiger charge is -2.29. The van der Waals surface area contributed by atoms with Crippen LogP contribution in [0.4, 0.5) is 4.79 Å². The molecule has 158 valence electrons. The fraction of sp³-hybridized carbons (Fsp3) is 0.417. The second-order valence-electron chi connectivity index (χ2n) is 8.84. The van der Waals surface area contributed by atoms with Gasteiger partial charge in [-0.15, -0.1) is 0 Å². The zero-order valence-electron chi connectivity index (χ0n) is 17.5. The normalized spacial score (nSPS) is 20.7. The molecule has 1 aliphatic carbocycles. The van der Waals surface area contributed by atoms with Gasteiger partial charge in [-0.2, -0.15) is 0 Å². The number of nitrogens with zero attached hydrogens (tertiary/aromatic N) is 1. The quantitative estimate of drug-likeness (QED) is 0.816. The van der Waals surface area contributed by atoms with Crippen molar-refractivity contribution in [1.29, 1.82) is 0 Å². The SMILES string of the molecule is CC(C)(C)O[C@@H]1CCN(C(=O)OCC2c3ccccc3-c3ccccc32)[C@H]1C(=O)O. The van der Waals surface area contributed by atoms with E-state index in [2.05, 4.69) is 24.3 Å². The molecule has 1 fully saturated rings. The Labute approximate surface area is 176 Å². The van der Waals surface area contributed by atoms with E-state index in [-0.39, 0.29) is 12.5 Å². The van der Waals surface area contributed by atoms with E-state index in [0.717, 1.165) is 22.3 Å². The van der Waals surface area contributed by atoms with E-state index in [4.69, 9.17) is 9.47 Å². The Morgan fingerprint density at radius 2 is 1.60 bits per heavy atom. The third-order valence-electron chi connectivity index (χ3n) is 5.67. The predicted octanol–water partition coefficient (Wildman–Crippen LogP) is 4.28. The average Bonchev–Trinajstić information content (AvgIpc) is 3.24. The monoisotopic (exact) mass is 409 g/mol. The summed E-state index contributed by atoms with van der Waals surface area (Å²) in [5.41, 5.74) is 4.05. The number of benzene rings is 2. The van der Waals surface area contributed by atoms with Gasteiger partial charge in [0, 0.05) is 12.5 Å². The Hall–Kier alpha value is -2.86. The van der Waals surface area contributed by atoms with Crippen LogP contribution in [0.25, 0.3) is 11.1 Å². The Bertz CT molecular complexity index is 919. The van der Waals surface area contributed by atoms with Gasteiger partial charge in [0.1, 0.15) is 6.61 Å². The van der Waals surface area contributed by atoms with Gasteiger partial charge in [-0.05, 0) is 49.4 Å². The summed E-state index contributed by atoms with van der Waals surface area (Å²) in [6.07, 6.45) is -0.689. The van der Waals surface area contributed by atoms with Crippen molar-refractivity contribution < 1.29 is 24.2 Å². The highest BCUT2D eigenvalue weighted by molar-refractivity contribution is 5.82. The molecule has 1 saturated heterocycles. The molecular weight excluding hydrogens is 382 g/mol. The summed E-state index contributed by atoms with van der Waals surface area (Å²) in [7, 11) is 0. The van der Waals surface area contributed by atoms with E-state index >= 15 is 0 Å². The molecule has 0 bridgehead atoms. The zero-order valence-corrected chi connectivity index (χ0v) is 17.5. The van der Waals surface area contributed by atoms with Crippen molar-refractivity contribution in [3.05, 3.63) is 59.7 Å². The van der Waals surface area contributed by atoms with Crippen molar-refractivity contribution in [2.24, 2.45) is 0 Å². The summed E-state index contributed by atoms with van der Waals surface area (Å²) in [5, 5.41) is 9.71. The van der Waals surface area contributed by atoms with Crippen molar-refractivity contribution >= 4 is 12.1 Å². The number of hydrogen-bond acceptors (Lipinski definition) is 4. The molecule has 1 aliphatic heterocycles. The number of rotatable bonds is 4. The average molecular weight is 409 g/mol. The second-order valence-corrected chi connectivity index (χ2v) is 8.84. The van der Waals surface area contributed by atoms with Gasteiger partial charge in [-0.1, -0.05) is 48.5 Å². The van der Waals surface area contributed by atoms with Crippen LogP contribution < -0.4 is 0 Å². The van der Waals surface area contributed by atoms with Gasteiger partial charge >= 0.3 is 12.1 Å². The third-order valence-corrected chi connectivity index (χ3v) is 5.67. The van der Waals surface area contributed by atoms with E-state index in [1.165, 1.54) is 4.90 Å². The molecule has 1 N–H and O–H groups in total. The lowest BCUT2D eigenvalue weighted by Crippen LogP contribution is -2.47. The summed E-state index contributed by atoms with van der Waals surface area (Å²) >= 11 is 0. The molecular formula is C24H27NO5. The van der Waals surface area contributed by atoms with E-state index in [1.807, 2.05) is 45.0 Å². The summed E-state index contributed by atoms with van der Waals surface area (Å²) in [5.74, 6) is -1.14. The minimum Gasteiger partial charge on any atom is -0.480 e. The van der Waals surface area contributed by atoms with Crippen LogP contribution in [0, 0.1) is 0 Å². The molecule has 6 nitrogen and oxygen atoms in total. The number of hydrogen-bond donors (Lipinski definition) is 1. The molecule has 0 saturated carbocycles. The maximum absolute atomic E-state index is 12.8. The second kappa shape index (κ2) is 7.76. The van der Waals surface area contributed by atoms with Gasteiger partial charge < -0.3 is 14.6 Å². The van der Waals surface area contributed by atoms with Crippen molar-refractivity contribution in [3.8, 4) is 11.1 Å². The molecule has 1 heterocycles. The molecule has 0 radical (unpaired) electrons. The molecule has 4 rings (SSSR count). The molecule has 6 heteroatoms. The smallest absolute Gasteiger partial charge is 0.410 e. The molecule has 1 amide bonds. The molecule has 2 aromatic rings. The summed E-state index contributed by atoms with van der Waals surface area (Å²) in [4.78, 5) is 26.0. The summed E-state index contributed by atoms with van der Waals surface area (Å²) < 4.78 is 11.5. The Kier molecular flexibility index (Phi) is 5.28. The van der Waals surface area contributed by atoms with Gasteiger partial charge in [-0.25, -0.2) is 9.59 Å². The van der Waals surface area contributed by atoms with Crippen LogP contribution in [0.3, 0.4) is 0 Å². The molecule has 2 aliphatic rings. The lowest BCUT2D eigenvalue weighted by molar-refractivity contribution is -0.149. The number of likely N-dealkylation sites (tertiary alicyclic amines) is 1. The molecule has 0 unspecified atom stereocenters. The molecule has 0 aromatic heterocycles. The van der Waals surface area contributed by atoms with Crippen molar-refractivity contribution in [2.75, 3.05) is 13.2 Å². The highest BCUT2D eigenvalue weighted by Gasteiger charge is 2.45. The first-order valence-corrected chi connectivity index (χ1v) is 10.3. The van der Waals surface area contributed by atoms with Crippen LogP contribution in [0.5, 0.6) is 0 Å². The minimum atomic E-state index is -1.07. The van der Waals surface area contributed by atoms with Crippen LogP contribution >= 0.6 is 0 Å². The van der Waals surface area contributed by atoms with Gasteiger partial charge in [0.05, 0.1) is 11.7 Å². The Morgan fingerprint density at radius 3 is 2.13 bits per heavy atom. The number of carboxylic acid groups (broad SMARTS) is 1. The van der Waals surface area contributed by atoms with Crippen LogP contribution in [0.15, 0.2) is 48.5 Å². The van der Waals surface area contributed by atoms with E-state index in [1.54, 1.807) is 0 Å². The standard InChI is InChI=1S/C24H27NO5/c1-24(2,3)30-20-12-13-25(21(20)22(26)27)23(28)29-14-19-17-10-6-4-8-15(17)16-9-5-7-11-18(16)19/h4-11,19-21H,12-14H2,1-3H3,(H,26,27)/t20-,21-/m1/s1. The first-order chi connectivity index (χ1) is 14.3. The number of carbonyl (C=O) groups excluding carboxylic acids is 1. The van der Waals surface area contributed by atoms with Crippen LogP contribution in [-0.2, 0) is 14.3 Å². The largest absolute Gasteiger partial charge is 0.480 e. The van der Waals surface area contributed by atoms with Gasteiger partial charge in [0.2, 0.25) is 0 Å². The number of fused-ring (bicyclic) bond motifs is 3. The predicted molar refractivity (Wildman–Crippen MR) is 112 cm³/mol. The highest BCUT2D eigenvalue weighted by atomic mass is 16.6. The number of amides is 1. The Balaban J connectivity index is 1.49. The lowest BCUT2D eigenvalue weighted by atomic mass is 9.98. The van der Waals surface area contributed by atoms with Gasteiger partial charge in [-0.3, -0.25) is 4.90 Å². The number of aliphatic carboxylic acids is 1. The van der Waals surface area contributed by atoms with Crippen LogP contribution in [0.2, 0.25) is 0 Å². The molecule has 2 aromatic carbocycles. The molecule has 30 heavy (non-hydrogen) atoms. The summed E-state index contributed by atoms with van der Waals surface area (Å²) in [6, 6.07) is 15.2. The molecule has 2 atom stereocenters. The van der Waals surface area contributed by atoms with E-state index < -0.39 is 29.8 Å². The first kappa shape index (κ1) is 20.4. The fourth-order valence-corrected chi connectivity index (χ4v) is 4.52. The fourth-order valence-electron chi connectivity index (χ4n) is 4.52. The zero-order chi connectivity index (χ0) is 21.5. The maximum Gasteiger partial charge on any atom is 0.410 e. The van der Waals surface area contributed by atoms with Crippen LogP contribution in [0.1, 0.15) is 44.2 Å². The van der Waals surface area contributed by atoms with Crippen molar-refractivity contribution in [1.82, 2.24) is 4.90 Å². The van der Waals surface area contributed by atoms with E-state index in [0.29, 0.717) is 13.0 Å². The number of carbonyl (C=O) groups is 2. The topological polar surface area (TPSA) is 76.1 Å². The van der Waals surface area contributed by atoms with E-state index in [9.17, 15) is 14.7 Å². The number of carboxylic acids is 1. The van der Waals surface area contributed by atoms with Crippen molar-refractivity contribution in [3.63, 3.8) is 0 Å². The summed E-state index contributed by atoms with van der Waals surface area (Å²) in [6.45, 7) is 6.10. The first-order valence-electron chi connectivity index (χ1n) is 10.3.